The van der Waals surface area contributed by atoms with Gasteiger partial charge in [0.2, 0.25) is 0 Å². The maximum atomic E-state index is 4.72. The summed E-state index contributed by atoms with van der Waals surface area (Å²) in [5, 5.41) is 4.23. The lowest BCUT2D eigenvalue weighted by Gasteiger charge is -2.26. The van der Waals surface area contributed by atoms with Crippen LogP contribution in [0.1, 0.15) is 30.5 Å². The van der Waals surface area contributed by atoms with Gasteiger partial charge in [-0.05, 0) is 49.2 Å². The minimum absolute atomic E-state index is 0.892. The molecule has 1 fully saturated rings. The Labute approximate surface area is 187 Å². The lowest BCUT2D eigenvalue weighted by molar-refractivity contribution is -0.660. The van der Waals surface area contributed by atoms with Crippen molar-refractivity contribution in [2.24, 2.45) is 0 Å². The van der Waals surface area contributed by atoms with Crippen LogP contribution in [0.5, 0.6) is 0 Å². The Balaban J connectivity index is 1.32. The standard InChI is InChI=1S/C25H27N7/c1-31-24(15-28-30-31)22-12-20-21-11-19(13-27-25(21)29-23(20)14-26-22)18-7-5-17(6-8-18)16-32-9-3-2-4-10-32/h5-8,11-15,28,30H,2-4,9-10,16H2,1H3,(H,27,29)/p+1. The molecule has 2 aliphatic heterocycles. The number of quaternary nitrogens is 1. The molecule has 0 saturated carbocycles. The van der Waals surface area contributed by atoms with E-state index < -0.39 is 0 Å². The molecule has 0 radical (unpaired) electrons. The molecule has 0 bridgehead atoms. The number of benzene rings is 1. The fourth-order valence-corrected chi connectivity index (χ4v) is 4.82. The van der Waals surface area contributed by atoms with Crippen molar-refractivity contribution in [3.63, 3.8) is 0 Å². The second-order valence-corrected chi connectivity index (χ2v) is 8.80. The summed E-state index contributed by atoms with van der Waals surface area (Å²) >= 11 is 0. The van der Waals surface area contributed by atoms with Crippen molar-refractivity contribution in [2.45, 2.75) is 25.8 Å². The van der Waals surface area contributed by atoms with Gasteiger partial charge in [-0.25, -0.2) is 10.4 Å². The van der Waals surface area contributed by atoms with E-state index in [1.165, 1.54) is 43.5 Å². The van der Waals surface area contributed by atoms with Crippen LogP contribution < -0.4 is 11.0 Å². The Morgan fingerprint density at radius 1 is 0.938 bits per heavy atom. The van der Waals surface area contributed by atoms with Crippen LogP contribution in [0.4, 0.5) is 0 Å². The number of pyridine rings is 2. The van der Waals surface area contributed by atoms with Crippen molar-refractivity contribution in [1.29, 1.82) is 0 Å². The molecule has 7 nitrogen and oxygen atoms in total. The molecule has 0 aliphatic carbocycles. The van der Waals surface area contributed by atoms with Crippen molar-refractivity contribution in [3.05, 3.63) is 66.2 Å². The molecule has 7 heteroatoms. The van der Waals surface area contributed by atoms with Crippen LogP contribution >= 0.6 is 0 Å². The molecule has 4 N–H and O–H groups in total. The maximum absolute atomic E-state index is 4.72. The lowest BCUT2D eigenvalue weighted by atomic mass is 10.0. The molecule has 6 rings (SSSR count). The molecule has 32 heavy (non-hydrogen) atoms. The number of aromatic nitrogens is 3. The van der Waals surface area contributed by atoms with Crippen LogP contribution in [0.2, 0.25) is 0 Å². The summed E-state index contributed by atoms with van der Waals surface area (Å²) in [7, 11) is 1.99. The van der Waals surface area contributed by atoms with Crippen LogP contribution in [0.25, 0.3) is 38.8 Å². The van der Waals surface area contributed by atoms with Gasteiger partial charge >= 0.3 is 0 Å². The predicted octanol–water partition coefficient (Wildman–Crippen LogP) is 2.99. The normalized spacial score (nSPS) is 17.4. The van der Waals surface area contributed by atoms with Crippen molar-refractivity contribution < 1.29 is 5.43 Å². The molecule has 0 spiro atoms. The summed E-state index contributed by atoms with van der Waals surface area (Å²) in [6, 6.07) is 13.4. The average Bonchev–Trinajstić information content (AvgIpc) is 3.42. The zero-order chi connectivity index (χ0) is 21.5. The van der Waals surface area contributed by atoms with E-state index in [-0.39, 0.29) is 0 Å². The third kappa shape index (κ3) is 3.54. The molecule has 3 aromatic heterocycles. The Bertz CT molecular complexity index is 1300. The fourth-order valence-electron chi connectivity index (χ4n) is 4.82. The number of fused-ring (bicyclic) bond motifs is 3. The highest BCUT2D eigenvalue weighted by molar-refractivity contribution is 6.07. The second kappa shape index (κ2) is 8.02. The summed E-state index contributed by atoms with van der Waals surface area (Å²) < 4.78 is 0. The average molecular weight is 427 g/mol. The first-order chi connectivity index (χ1) is 15.7. The van der Waals surface area contributed by atoms with Gasteiger partial charge in [0.05, 0.1) is 17.4 Å². The quantitative estimate of drug-likeness (QED) is 0.438. The van der Waals surface area contributed by atoms with Crippen LogP contribution in [0.15, 0.2) is 55.0 Å². The summed E-state index contributed by atoms with van der Waals surface area (Å²) in [4.78, 5) is 15.3. The van der Waals surface area contributed by atoms with E-state index in [1.54, 1.807) is 0 Å². The highest BCUT2D eigenvalue weighted by Crippen LogP contribution is 2.30. The van der Waals surface area contributed by atoms with E-state index >= 15 is 0 Å². The molecule has 0 atom stereocenters. The van der Waals surface area contributed by atoms with Crippen LogP contribution in [0.3, 0.4) is 0 Å². The third-order valence-corrected chi connectivity index (χ3v) is 6.61. The largest absolute Gasteiger partial charge is 0.338 e. The number of piperidine rings is 1. The predicted molar refractivity (Wildman–Crippen MR) is 127 cm³/mol. The molecule has 2 aliphatic rings. The van der Waals surface area contributed by atoms with Crippen LogP contribution in [-0.2, 0) is 6.54 Å². The maximum Gasteiger partial charge on any atom is 0.141 e. The van der Waals surface area contributed by atoms with Gasteiger partial charge in [0.15, 0.2) is 0 Å². The summed E-state index contributed by atoms with van der Waals surface area (Å²) in [6.07, 6.45) is 9.92. The van der Waals surface area contributed by atoms with Gasteiger partial charge in [-0.3, -0.25) is 14.9 Å². The van der Waals surface area contributed by atoms with Crippen molar-refractivity contribution in [3.8, 4) is 11.1 Å². The highest BCUT2D eigenvalue weighted by Gasteiger charge is 2.18. The molecular formula is C25H28N7+. The van der Waals surface area contributed by atoms with Crippen molar-refractivity contribution in [1.82, 2.24) is 30.4 Å². The number of likely N-dealkylation sites (tertiary alicyclic amines) is 1. The molecule has 162 valence electrons. The van der Waals surface area contributed by atoms with Gasteiger partial charge in [-0.2, -0.15) is 0 Å². The van der Waals surface area contributed by atoms with E-state index in [9.17, 15) is 0 Å². The number of hydrazine groups is 1. The molecule has 4 aromatic rings. The third-order valence-electron chi connectivity index (χ3n) is 6.61. The number of aromatic amines is 1. The molecule has 0 amide bonds. The van der Waals surface area contributed by atoms with Crippen LogP contribution in [-0.4, -0.2) is 45.0 Å². The van der Waals surface area contributed by atoms with E-state index in [0.29, 0.717) is 0 Å². The van der Waals surface area contributed by atoms with Gasteiger partial charge in [0.25, 0.3) is 0 Å². The van der Waals surface area contributed by atoms with E-state index in [2.05, 4.69) is 56.8 Å². The summed E-state index contributed by atoms with van der Waals surface area (Å²) in [5.41, 5.74) is 12.7. The summed E-state index contributed by atoms with van der Waals surface area (Å²) in [6.45, 7) is 3.49. The van der Waals surface area contributed by atoms with E-state index in [4.69, 9.17) is 4.98 Å². The minimum atomic E-state index is 0.892. The number of nitrogens with one attached hydrogen (secondary N) is 2. The van der Waals surface area contributed by atoms with Gasteiger partial charge < -0.3 is 4.98 Å². The number of hydrogen-bond acceptors (Lipinski definition) is 5. The van der Waals surface area contributed by atoms with Crippen molar-refractivity contribution in [2.75, 3.05) is 20.1 Å². The molecule has 1 aromatic carbocycles. The first kappa shape index (κ1) is 19.4. The van der Waals surface area contributed by atoms with Gasteiger partial charge in [0.1, 0.15) is 17.5 Å². The minimum Gasteiger partial charge on any atom is -0.338 e. The Hall–Kier alpha value is -3.26. The summed E-state index contributed by atoms with van der Waals surface area (Å²) in [5.74, 6) is 0. The number of hydrogen-bond donors (Lipinski definition) is 3. The Morgan fingerprint density at radius 2 is 1.78 bits per heavy atom. The monoisotopic (exact) mass is 426 g/mol. The Kier molecular flexibility index (Phi) is 4.87. The Morgan fingerprint density at radius 3 is 2.56 bits per heavy atom. The zero-order valence-corrected chi connectivity index (χ0v) is 18.3. The van der Waals surface area contributed by atoms with E-state index in [1.807, 2.05) is 36.1 Å². The highest BCUT2D eigenvalue weighted by atomic mass is 15.7. The lowest BCUT2D eigenvalue weighted by Crippen LogP contribution is -2.87. The first-order valence-electron chi connectivity index (χ1n) is 11.4. The molecule has 0 unspecified atom stereocenters. The topological polar surface area (TPSA) is 76.7 Å². The molecule has 1 saturated heterocycles. The number of nitrogens with zero attached hydrogens (tertiary/aromatic N) is 4. The van der Waals surface area contributed by atoms with Gasteiger partial charge in [0, 0.05) is 36.1 Å². The number of H-pyrrole nitrogens is 1. The molecule has 5 heterocycles. The van der Waals surface area contributed by atoms with Gasteiger partial charge in [-0.1, -0.05) is 36.2 Å². The SMILES string of the molecule is CN1N[NH2+]C=C1c1cc2c(cn1)[nH]c1ncc(-c3ccc(CN4CCCCC4)cc3)cc12. The fraction of sp³-hybridized carbons (Fsp3) is 0.280. The van der Waals surface area contributed by atoms with Crippen LogP contribution in [0, 0.1) is 0 Å². The van der Waals surface area contributed by atoms with Gasteiger partial charge in [-0.15, -0.1) is 0 Å². The number of rotatable bonds is 4. The zero-order valence-electron chi connectivity index (χ0n) is 18.3. The van der Waals surface area contributed by atoms with E-state index in [0.717, 1.165) is 45.4 Å². The van der Waals surface area contributed by atoms with Crippen molar-refractivity contribution >= 4 is 27.6 Å². The first-order valence-corrected chi connectivity index (χ1v) is 11.4. The molecular weight excluding hydrogens is 398 g/mol. The smallest absolute Gasteiger partial charge is 0.141 e. The second-order valence-electron chi connectivity index (χ2n) is 8.80. The number of nitrogens with two attached hydrogens (primary N) is 1.